The molecule has 0 saturated carbocycles. The SMILES string of the molecule is O=C1CCC2CCNCC2N1OC(=O)C(F)(F)F. The molecule has 102 valence electrons. The van der Waals surface area contributed by atoms with Crippen molar-refractivity contribution >= 4 is 11.9 Å². The highest BCUT2D eigenvalue weighted by Crippen LogP contribution is 2.30. The minimum absolute atomic E-state index is 0.0879. The lowest BCUT2D eigenvalue weighted by Crippen LogP contribution is -2.57. The Balaban J connectivity index is 2.08. The van der Waals surface area contributed by atoms with Gasteiger partial charge in [0.2, 0.25) is 0 Å². The molecule has 0 radical (unpaired) electrons. The van der Waals surface area contributed by atoms with Crippen LogP contribution in [0.5, 0.6) is 0 Å². The predicted molar refractivity (Wildman–Crippen MR) is 53.0 cm³/mol. The fourth-order valence-electron chi connectivity index (χ4n) is 2.37. The standard InChI is InChI=1S/C10H13F3N2O3/c11-10(12,13)9(17)18-15-7-5-14-4-3-6(7)1-2-8(15)16/h6-7,14H,1-5H2. The number of rotatable bonds is 1. The quantitative estimate of drug-likeness (QED) is 0.755. The summed E-state index contributed by atoms with van der Waals surface area (Å²) in [5.74, 6) is -2.83. The van der Waals surface area contributed by atoms with E-state index in [2.05, 4.69) is 10.2 Å². The van der Waals surface area contributed by atoms with Crippen LogP contribution >= 0.6 is 0 Å². The zero-order valence-corrected chi connectivity index (χ0v) is 9.50. The van der Waals surface area contributed by atoms with Crippen LogP contribution in [-0.4, -0.2) is 42.2 Å². The molecule has 2 aliphatic rings. The molecule has 1 amide bonds. The summed E-state index contributed by atoms with van der Waals surface area (Å²) in [6.45, 7) is 1.11. The van der Waals surface area contributed by atoms with Crippen LogP contribution in [0.2, 0.25) is 0 Å². The maximum atomic E-state index is 12.1. The van der Waals surface area contributed by atoms with Gasteiger partial charge in [-0.05, 0) is 25.3 Å². The fourth-order valence-corrected chi connectivity index (χ4v) is 2.37. The molecule has 5 nitrogen and oxygen atoms in total. The van der Waals surface area contributed by atoms with E-state index in [4.69, 9.17) is 0 Å². The molecule has 2 unspecified atom stereocenters. The van der Waals surface area contributed by atoms with Gasteiger partial charge in [0.05, 0.1) is 6.04 Å². The van der Waals surface area contributed by atoms with E-state index in [0.29, 0.717) is 18.0 Å². The highest BCUT2D eigenvalue weighted by molar-refractivity contribution is 5.81. The van der Waals surface area contributed by atoms with E-state index >= 15 is 0 Å². The van der Waals surface area contributed by atoms with Gasteiger partial charge in [-0.1, -0.05) is 0 Å². The second-order valence-corrected chi connectivity index (χ2v) is 4.45. The zero-order chi connectivity index (χ0) is 13.3. The van der Waals surface area contributed by atoms with Gasteiger partial charge < -0.3 is 10.2 Å². The number of hydroxylamine groups is 2. The molecule has 0 bridgehead atoms. The monoisotopic (exact) mass is 266 g/mol. The molecule has 0 aromatic carbocycles. The second-order valence-electron chi connectivity index (χ2n) is 4.45. The number of halogens is 3. The lowest BCUT2D eigenvalue weighted by Gasteiger charge is -2.41. The van der Waals surface area contributed by atoms with Crippen LogP contribution in [0.15, 0.2) is 0 Å². The summed E-state index contributed by atoms with van der Waals surface area (Å²) in [5.41, 5.74) is 0. The molecule has 2 rings (SSSR count). The average molecular weight is 266 g/mol. The molecule has 18 heavy (non-hydrogen) atoms. The van der Waals surface area contributed by atoms with Gasteiger partial charge in [0.25, 0.3) is 5.91 Å². The van der Waals surface area contributed by atoms with Crippen LogP contribution in [0.3, 0.4) is 0 Å². The first-order valence-electron chi connectivity index (χ1n) is 5.71. The molecule has 2 heterocycles. The number of hydrogen-bond donors (Lipinski definition) is 1. The summed E-state index contributed by atoms with van der Waals surface area (Å²) in [4.78, 5) is 26.6. The van der Waals surface area contributed by atoms with E-state index in [9.17, 15) is 22.8 Å². The Bertz CT molecular complexity index is 359. The second kappa shape index (κ2) is 4.75. The molecular formula is C10H13F3N2O3. The molecule has 2 atom stereocenters. The largest absolute Gasteiger partial charge is 0.493 e. The molecule has 0 aliphatic carbocycles. The molecular weight excluding hydrogens is 253 g/mol. The number of nitrogens with zero attached hydrogens (tertiary/aromatic N) is 1. The fraction of sp³-hybridized carbons (Fsp3) is 0.800. The van der Waals surface area contributed by atoms with Crippen LogP contribution in [0.1, 0.15) is 19.3 Å². The molecule has 1 N–H and O–H groups in total. The third kappa shape index (κ3) is 2.58. The molecule has 8 heteroatoms. The number of piperidine rings is 2. The van der Waals surface area contributed by atoms with Crippen molar-refractivity contribution in [3.05, 3.63) is 0 Å². The molecule has 2 aliphatic heterocycles. The normalized spacial score (nSPS) is 28.8. The molecule has 0 spiro atoms. The molecule has 0 aromatic rings. The lowest BCUT2D eigenvalue weighted by atomic mass is 9.85. The number of hydrogen-bond acceptors (Lipinski definition) is 4. The van der Waals surface area contributed by atoms with Gasteiger partial charge in [0.1, 0.15) is 0 Å². The van der Waals surface area contributed by atoms with Gasteiger partial charge in [-0.15, -0.1) is 0 Å². The van der Waals surface area contributed by atoms with Crippen molar-refractivity contribution in [2.45, 2.75) is 31.5 Å². The van der Waals surface area contributed by atoms with Crippen molar-refractivity contribution < 1.29 is 27.6 Å². The molecule has 2 fully saturated rings. The van der Waals surface area contributed by atoms with Gasteiger partial charge in [0.15, 0.2) is 0 Å². The Morgan fingerprint density at radius 1 is 1.39 bits per heavy atom. The lowest BCUT2D eigenvalue weighted by molar-refractivity contribution is -0.250. The zero-order valence-electron chi connectivity index (χ0n) is 9.50. The van der Waals surface area contributed by atoms with Crippen molar-refractivity contribution in [1.82, 2.24) is 10.4 Å². The highest BCUT2D eigenvalue weighted by atomic mass is 19.4. The van der Waals surface area contributed by atoms with Crippen molar-refractivity contribution in [3.63, 3.8) is 0 Å². The van der Waals surface area contributed by atoms with Crippen molar-refractivity contribution in [3.8, 4) is 0 Å². The first-order valence-corrected chi connectivity index (χ1v) is 5.71. The summed E-state index contributed by atoms with van der Waals surface area (Å²) in [6.07, 6.45) is -3.58. The van der Waals surface area contributed by atoms with E-state index in [1.807, 2.05) is 0 Å². The summed E-state index contributed by atoms with van der Waals surface area (Å²) in [5, 5.41) is 3.59. The Kier molecular flexibility index (Phi) is 3.47. The van der Waals surface area contributed by atoms with Crippen LogP contribution < -0.4 is 5.32 Å². The topological polar surface area (TPSA) is 58.6 Å². The van der Waals surface area contributed by atoms with Crippen LogP contribution in [-0.2, 0) is 14.4 Å². The minimum atomic E-state index is -5.09. The van der Waals surface area contributed by atoms with Crippen molar-refractivity contribution in [1.29, 1.82) is 0 Å². The maximum Gasteiger partial charge on any atom is 0.493 e. The van der Waals surface area contributed by atoms with Crippen LogP contribution in [0.4, 0.5) is 13.2 Å². The summed E-state index contributed by atoms with van der Waals surface area (Å²) < 4.78 is 36.4. The third-order valence-corrected chi connectivity index (χ3v) is 3.28. The van der Waals surface area contributed by atoms with Crippen molar-refractivity contribution in [2.75, 3.05) is 13.1 Å². The average Bonchev–Trinajstić information content (AvgIpc) is 2.31. The van der Waals surface area contributed by atoms with Crippen LogP contribution in [0, 0.1) is 5.92 Å². The number of fused-ring (bicyclic) bond motifs is 1. The third-order valence-electron chi connectivity index (χ3n) is 3.28. The van der Waals surface area contributed by atoms with E-state index in [1.54, 1.807) is 0 Å². The first kappa shape index (κ1) is 13.1. The van der Waals surface area contributed by atoms with Gasteiger partial charge in [-0.2, -0.15) is 18.2 Å². The maximum absolute atomic E-state index is 12.1. The summed E-state index contributed by atoms with van der Waals surface area (Å²) in [7, 11) is 0. The Morgan fingerprint density at radius 2 is 2.11 bits per heavy atom. The van der Waals surface area contributed by atoms with Crippen LogP contribution in [0.25, 0.3) is 0 Å². The first-order chi connectivity index (χ1) is 8.39. The summed E-state index contributed by atoms with van der Waals surface area (Å²) >= 11 is 0. The number of alkyl halides is 3. The highest BCUT2D eigenvalue weighted by Gasteiger charge is 2.46. The smallest absolute Gasteiger partial charge is 0.329 e. The van der Waals surface area contributed by atoms with Crippen molar-refractivity contribution in [2.24, 2.45) is 5.92 Å². The number of amides is 1. The Labute approximate surface area is 101 Å². The van der Waals surface area contributed by atoms with E-state index < -0.39 is 24.1 Å². The van der Waals surface area contributed by atoms with Gasteiger partial charge in [-0.25, -0.2) is 4.79 Å². The number of carbonyl (C=O) groups excluding carboxylic acids is 2. The molecule has 0 aromatic heterocycles. The number of nitrogens with one attached hydrogen (secondary N) is 1. The molecule has 2 saturated heterocycles. The van der Waals surface area contributed by atoms with Gasteiger partial charge >= 0.3 is 12.1 Å². The predicted octanol–water partition coefficient (Wildman–Crippen LogP) is 0.607. The Morgan fingerprint density at radius 3 is 2.78 bits per heavy atom. The minimum Gasteiger partial charge on any atom is -0.329 e. The van der Waals surface area contributed by atoms with E-state index in [0.717, 1.165) is 13.0 Å². The number of carbonyl (C=O) groups is 2. The van der Waals surface area contributed by atoms with E-state index in [-0.39, 0.29) is 12.3 Å². The van der Waals surface area contributed by atoms with Gasteiger partial charge in [-0.3, -0.25) is 4.79 Å². The summed E-state index contributed by atoms with van der Waals surface area (Å²) in [6, 6.07) is -0.494. The Hall–Kier alpha value is -1.31. The van der Waals surface area contributed by atoms with E-state index in [1.165, 1.54) is 0 Å². The van der Waals surface area contributed by atoms with Gasteiger partial charge in [0, 0.05) is 13.0 Å².